The van der Waals surface area contributed by atoms with Crippen LogP contribution in [0.1, 0.15) is 10.4 Å². The average molecular weight is 283 g/mol. The number of aromatic carboxylic acids is 1. The molecule has 106 valence electrons. The quantitative estimate of drug-likeness (QED) is 0.902. The standard InChI is InChI=1S/C15H13N3O3/c16-7-10-9-18(5-6-21-10)14-12-4-2-1-3-11(12)13(8-17-14)15(19)20/h1-4,8,10H,5-6,9H2,(H,19,20). The van der Waals surface area contributed by atoms with E-state index >= 15 is 0 Å². The molecule has 1 N–H and O–H groups in total. The van der Waals surface area contributed by atoms with Crippen molar-refractivity contribution >= 4 is 22.6 Å². The summed E-state index contributed by atoms with van der Waals surface area (Å²) in [6, 6.07) is 9.36. The van der Waals surface area contributed by atoms with E-state index in [0.29, 0.717) is 30.9 Å². The maximum absolute atomic E-state index is 11.3. The number of benzene rings is 1. The van der Waals surface area contributed by atoms with E-state index < -0.39 is 12.1 Å². The van der Waals surface area contributed by atoms with Crippen LogP contribution in [-0.4, -0.2) is 41.9 Å². The van der Waals surface area contributed by atoms with Crippen molar-refractivity contribution in [2.45, 2.75) is 6.10 Å². The highest BCUT2D eigenvalue weighted by atomic mass is 16.5. The second-order valence-corrected chi connectivity index (χ2v) is 4.78. The van der Waals surface area contributed by atoms with Gasteiger partial charge in [0.25, 0.3) is 0 Å². The van der Waals surface area contributed by atoms with Crippen molar-refractivity contribution < 1.29 is 14.6 Å². The number of hydrogen-bond acceptors (Lipinski definition) is 5. The molecule has 3 rings (SSSR count). The number of carboxylic acid groups (broad SMARTS) is 1. The molecule has 2 heterocycles. The third kappa shape index (κ3) is 2.39. The Bertz CT molecular complexity index is 739. The van der Waals surface area contributed by atoms with Gasteiger partial charge in [-0.3, -0.25) is 0 Å². The van der Waals surface area contributed by atoms with Crippen molar-refractivity contribution in [3.8, 4) is 6.07 Å². The van der Waals surface area contributed by atoms with Gasteiger partial charge in [-0.25, -0.2) is 9.78 Å². The van der Waals surface area contributed by atoms with Crippen molar-refractivity contribution in [3.05, 3.63) is 36.0 Å². The van der Waals surface area contributed by atoms with Crippen molar-refractivity contribution in [3.63, 3.8) is 0 Å². The van der Waals surface area contributed by atoms with E-state index in [4.69, 9.17) is 10.00 Å². The Morgan fingerprint density at radius 1 is 1.43 bits per heavy atom. The fourth-order valence-corrected chi connectivity index (χ4v) is 2.52. The molecule has 0 radical (unpaired) electrons. The number of anilines is 1. The fraction of sp³-hybridized carbons (Fsp3) is 0.267. The van der Waals surface area contributed by atoms with Crippen molar-refractivity contribution in [1.82, 2.24) is 4.98 Å². The Kier molecular flexibility index (Phi) is 3.42. The first-order valence-corrected chi connectivity index (χ1v) is 6.58. The molecule has 0 spiro atoms. The lowest BCUT2D eigenvalue weighted by atomic mass is 10.1. The molecular formula is C15H13N3O3. The predicted octanol–water partition coefficient (Wildman–Crippen LogP) is 1.66. The highest BCUT2D eigenvalue weighted by Gasteiger charge is 2.23. The summed E-state index contributed by atoms with van der Waals surface area (Å²) < 4.78 is 5.33. The Hall–Kier alpha value is -2.65. The maximum atomic E-state index is 11.3. The van der Waals surface area contributed by atoms with Gasteiger partial charge >= 0.3 is 5.97 Å². The smallest absolute Gasteiger partial charge is 0.337 e. The predicted molar refractivity (Wildman–Crippen MR) is 76.3 cm³/mol. The molecule has 1 saturated heterocycles. The van der Waals surface area contributed by atoms with Crippen LogP contribution >= 0.6 is 0 Å². The first-order valence-electron chi connectivity index (χ1n) is 6.58. The zero-order valence-corrected chi connectivity index (χ0v) is 11.2. The van der Waals surface area contributed by atoms with Gasteiger partial charge in [-0.05, 0) is 0 Å². The topological polar surface area (TPSA) is 86.5 Å². The third-order valence-corrected chi connectivity index (χ3v) is 3.51. The first kappa shape index (κ1) is 13.3. The molecule has 0 amide bonds. The van der Waals surface area contributed by atoms with E-state index in [1.165, 1.54) is 6.20 Å². The van der Waals surface area contributed by atoms with E-state index in [0.717, 1.165) is 5.39 Å². The summed E-state index contributed by atoms with van der Waals surface area (Å²) in [6.07, 6.45) is 0.884. The Morgan fingerprint density at radius 3 is 2.90 bits per heavy atom. The van der Waals surface area contributed by atoms with Gasteiger partial charge < -0.3 is 14.7 Å². The van der Waals surface area contributed by atoms with Crippen LogP contribution in [0.5, 0.6) is 0 Å². The monoisotopic (exact) mass is 283 g/mol. The van der Waals surface area contributed by atoms with Gasteiger partial charge in [-0.15, -0.1) is 0 Å². The molecule has 0 saturated carbocycles. The van der Waals surface area contributed by atoms with Crippen LogP contribution in [-0.2, 0) is 4.74 Å². The van der Waals surface area contributed by atoms with Gasteiger partial charge in [0.2, 0.25) is 0 Å². The molecule has 1 aliphatic rings. The molecule has 0 aliphatic carbocycles. The summed E-state index contributed by atoms with van der Waals surface area (Å²) in [7, 11) is 0. The molecular weight excluding hydrogens is 270 g/mol. The normalized spacial score (nSPS) is 18.4. The van der Waals surface area contributed by atoms with Crippen LogP contribution in [0, 0.1) is 11.3 Å². The minimum absolute atomic E-state index is 0.180. The number of carboxylic acids is 1. The number of nitrogens with zero attached hydrogens (tertiary/aromatic N) is 3. The van der Waals surface area contributed by atoms with E-state index in [9.17, 15) is 9.90 Å². The van der Waals surface area contributed by atoms with Crippen LogP contribution in [0.2, 0.25) is 0 Å². The summed E-state index contributed by atoms with van der Waals surface area (Å²) in [5.41, 5.74) is 0.180. The number of morpholine rings is 1. The number of carbonyl (C=O) groups is 1. The summed E-state index contributed by atoms with van der Waals surface area (Å²) in [4.78, 5) is 17.5. The zero-order valence-electron chi connectivity index (χ0n) is 11.2. The molecule has 6 nitrogen and oxygen atoms in total. The molecule has 1 unspecified atom stereocenters. The molecule has 6 heteroatoms. The number of aromatic nitrogens is 1. The van der Waals surface area contributed by atoms with Crippen molar-refractivity contribution in [1.29, 1.82) is 5.26 Å². The average Bonchev–Trinajstić information content (AvgIpc) is 2.53. The minimum Gasteiger partial charge on any atom is -0.478 e. The number of rotatable bonds is 2. The van der Waals surface area contributed by atoms with Gasteiger partial charge in [0.1, 0.15) is 5.82 Å². The molecule has 1 aromatic carbocycles. The number of hydrogen-bond donors (Lipinski definition) is 1. The van der Waals surface area contributed by atoms with Crippen molar-refractivity contribution in [2.24, 2.45) is 0 Å². The molecule has 1 fully saturated rings. The van der Waals surface area contributed by atoms with Crippen LogP contribution in [0.4, 0.5) is 5.82 Å². The molecule has 2 aromatic rings. The lowest BCUT2D eigenvalue weighted by Gasteiger charge is -2.31. The fourth-order valence-electron chi connectivity index (χ4n) is 2.52. The minimum atomic E-state index is -0.998. The Labute approximate surface area is 121 Å². The van der Waals surface area contributed by atoms with Gasteiger partial charge in [-0.1, -0.05) is 24.3 Å². The van der Waals surface area contributed by atoms with Crippen LogP contribution < -0.4 is 4.90 Å². The van der Waals surface area contributed by atoms with Gasteiger partial charge in [0.15, 0.2) is 6.10 Å². The number of ether oxygens (including phenoxy) is 1. The lowest BCUT2D eigenvalue weighted by molar-refractivity contribution is 0.0698. The Morgan fingerprint density at radius 2 is 2.19 bits per heavy atom. The summed E-state index contributed by atoms with van der Waals surface area (Å²) in [6.45, 7) is 1.51. The van der Waals surface area contributed by atoms with E-state index in [1.807, 2.05) is 17.0 Å². The highest BCUT2D eigenvalue weighted by Crippen LogP contribution is 2.28. The molecule has 0 bridgehead atoms. The number of pyridine rings is 1. The SMILES string of the molecule is N#CC1CN(c2ncc(C(=O)O)c3ccccc23)CCO1. The molecule has 1 atom stereocenters. The van der Waals surface area contributed by atoms with Crippen LogP contribution in [0.25, 0.3) is 10.8 Å². The molecule has 1 aliphatic heterocycles. The van der Waals surface area contributed by atoms with Crippen molar-refractivity contribution in [2.75, 3.05) is 24.6 Å². The second kappa shape index (κ2) is 5.38. The number of fused-ring (bicyclic) bond motifs is 1. The van der Waals surface area contributed by atoms with Gasteiger partial charge in [0, 0.05) is 23.5 Å². The second-order valence-electron chi connectivity index (χ2n) is 4.78. The van der Waals surface area contributed by atoms with Gasteiger partial charge in [0.05, 0.1) is 24.8 Å². The van der Waals surface area contributed by atoms with Crippen LogP contribution in [0.3, 0.4) is 0 Å². The Balaban J connectivity index is 2.10. The maximum Gasteiger partial charge on any atom is 0.337 e. The van der Waals surface area contributed by atoms with Crippen LogP contribution in [0.15, 0.2) is 30.5 Å². The largest absolute Gasteiger partial charge is 0.478 e. The first-order chi connectivity index (χ1) is 10.2. The van der Waals surface area contributed by atoms with E-state index in [-0.39, 0.29) is 5.56 Å². The van der Waals surface area contributed by atoms with E-state index in [2.05, 4.69) is 11.1 Å². The summed E-state index contributed by atoms with van der Waals surface area (Å²) >= 11 is 0. The zero-order chi connectivity index (χ0) is 14.8. The third-order valence-electron chi connectivity index (χ3n) is 3.51. The van der Waals surface area contributed by atoms with E-state index in [1.54, 1.807) is 12.1 Å². The van der Waals surface area contributed by atoms with Gasteiger partial charge in [-0.2, -0.15) is 5.26 Å². The summed E-state index contributed by atoms with van der Waals surface area (Å²) in [5, 5.41) is 19.7. The molecule has 21 heavy (non-hydrogen) atoms. The molecule has 1 aromatic heterocycles. The highest BCUT2D eigenvalue weighted by molar-refractivity contribution is 6.06. The summed E-state index contributed by atoms with van der Waals surface area (Å²) in [5.74, 6) is -0.304. The number of nitriles is 1. The lowest BCUT2D eigenvalue weighted by Crippen LogP contribution is -2.42.